The van der Waals surface area contributed by atoms with Crippen molar-refractivity contribution in [2.75, 3.05) is 18.1 Å². The van der Waals surface area contributed by atoms with Crippen molar-refractivity contribution in [3.8, 4) is 0 Å². The van der Waals surface area contributed by atoms with Crippen LogP contribution in [0.2, 0.25) is 5.15 Å². The fraction of sp³-hybridized carbons (Fsp3) is 0.692. The van der Waals surface area contributed by atoms with Gasteiger partial charge in [0, 0.05) is 18.2 Å². The summed E-state index contributed by atoms with van der Waals surface area (Å²) in [4.78, 5) is 10.5. The van der Waals surface area contributed by atoms with Crippen LogP contribution in [0.25, 0.3) is 0 Å². The molecule has 1 aromatic heterocycles. The van der Waals surface area contributed by atoms with Gasteiger partial charge in [-0.05, 0) is 19.8 Å². The normalized spacial score (nSPS) is 16.8. The Hall–Kier alpha value is -0.870. The Balaban J connectivity index is 2.25. The van der Waals surface area contributed by atoms with Crippen molar-refractivity contribution in [1.82, 2.24) is 9.97 Å². The predicted molar refractivity (Wildman–Crippen MR) is 73.1 cm³/mol. The highest BCUT2D eigenvalue weighted by Gasteiger charge is 2.23. The molecule has 1 N–H and O–H groups in total. The molecule has 0 bridgehead atoms. The van der Waals surface area contributed by atoms with Gasteiger partial charge in [-0.2, -0.15) is 0 Å². The molecule has 2 rings (SSSR count). The topological polar surface area (TPSA) is 49.2 Å². The SMILES string of the molecule is Cc1c(Cl)ncnc1N(CCO)C1CCCCC1. The summed E-state index contributed by atoms with van der Waals surface area (Å²) in [5.74, 6) is 0.871. The highest BCUT2D eigenvalue weighted by Crippen LogP contribution is 2.29. The second-order valence-corrected chi connectivity index (χ2v) is 5.18. The molecule has 0 aromatic carbocycles. The van der Waals surface area contributed by atoms with Crippen LogP contribution < -0.4 is 4.90 Å². The predicted octanol–water partition coefficient (Wildman–Crippen LogP) is 2.57. The lowest BCUT2D eigenvalue weighted by atomic mass is 9.94. The van der Waals surface area contributed by atoms with Crippen LogP contribution in [0, 0.1) is 6.92 Å². The van der Waals surface area contributed by atoms with E-state index in [1.807, 2.05) is 6.92 Å². The number of hydrogen-bond donors (Lipinski definition) is 1. The van der Waals surface area contributed by atoms with Gasteiger partial charge in [0.1, 0.15) is 17.3 Å². The van der Waals surface area contributed by atoms with Crippen molar-refractivity contribution in [3.05, 3.63) is 17.0 Å². The third-order valence-corrected chi connectivity index (χ3v) is 4.01. The molecule has 0 radical (unpaired) electrons. The lowest BCUT2D eigenvalue weighted by molar-refractivity contribution is 0.289. The first-order chi connectivity index (χ1) is 8.74. The molecule has 1 saturated carbocycles. The van der Waals surface area contributed by atoms with E-state index in [0.29, 0.717) is 17.7 Å². The van der Waals surface area contributed by atoms with E-state index < -0.39 is 0 Å². The Labute approximate surface area is 113 Å². The summed E-state index contributed by atoms with van der Waals surface area (Å²) in [7, 11) is 0. The highest BCUT2D eigenvalue weighted by molar-refractivity contribution is 6.30. The molecule has 1 aliphatic carbocycles. The van der Waals surface area contributed by atoms with Crippen molar-refractivity contribution >= 4 is 17.4 Å². The van der Waals surface area contributed by atoms with Crippen LogP contribution in [0.3, 0.4) is 0 Å². The molecule has 5 heteroatoms. The van der Waals surface area contributed by atoms with Gasteiger partial charge in [0.2, 0.25) is 0 Å². The minimum atomic E-state index is 0.136. The highest BCUT2D eigenvalue weighted by atomic mass is 35.5. The molecule has 0 saturated heterocycles. The number of anilines is 1. The van der Waals surface area contributed by atoms with Crippen molar-refractivity contribution in [2.24, 2.45) is 0 Å². The van der Waals surface area contributed by atoms with Crippen LogP contribution in [0.15, 0.2) is 6.33 Å². The molecule has 4 nitrogen and oxygen atoms in total. The first-order valence-electron chi connectivity index (χ1n) is 6.58. The summed E-state index contributed by atoms with van der Waals surface area (Å²) in [6, 6.07) is 0.468. The van der Waals surface area contributed by atoms with Crippen LogP contribution in [0.4, 0.5) is 5.82 Å². The minimum Gasteiger partial charge on any atom is -0.395 e. The molecule has 100 valence electrons. The summed E-state index contributed by atoms with van der Waals surface area (Å²) in [6.45, 7) is 2.68. The Morgan fingerprint density at radius 2 is 2.06 bits per heavy atom. The molecule has 1 fully saturated rings. The van der Waals surface area contributed by atoms with Gasteiger partial charge in [0.05, 0.1) is 6.61 Å². The maximum Gasteiger partial charge on any atom is 0.137 e. The van der Waals surface area contributed by atoms with Gasteiger partial charge >= 0.3 is 0 Å². The summed E-state index contributed by atoms with van der Waals surface area (Å²) < 4.78 is 0. The zero-order chi connectivity index (χ0) is 13.0. The van der Waals surface area contributed by atoms with Crippen LogP contribution in [0.1, 0.15) is 37.7 Å². The van der Waals surface area contributed by atoms with Crippen LogP contribution >= 0.6 is 11.6 Å². The molecule has 1 heterocycles. The smallest absolute Gasteiger partial charge is 0.137 e. The zero-order valence-electron chi connectivity index (χ0n) is 10.8. The van der Waals surface area contributed by atoms with E-state index in [9.17, 15) is 5.11 Å². The Kier molecular flexibility index (Phi) is 4.78. The number of halogens is 1. The molecule has 0 unspecified atom stereocenters. The van der Waals surface area contributed by atoms with Crippen molar-refractivity contribution in [3.63, 3.8) is 0 Å². The standard InChI is InChI=1S/C13H20ClN3O/c1-10-12(14)15-9-16-13(10)17(7-8-18)11-5-3-2-4-6-11/h9,11,18H,2-8H2,1H3. The fourth-order valence-electron chi connectivity index (χ4n) is 2.67. The maximum absolute atomic E-state index is 9.27. The lowest BCUT2D eigenvalue weighted by Crippen LogP contribution is -2.40. The van der Waals surface area contributed by atoms with Gasteiger partial charge < -0.3 is 10.0 Å². The van der Waals surface area contributed by atoms with Crippen molar-refractivity contribution < 1.29 is 5.11 Å². The van der Waals surface area contributed by atoms with E-state index in [4.69, 9.17) is 11.6 Å². The number of nitrogens with zero attached hydrogens (tertiary/aromatic N) is 3. The maximum atomic E-state index is 9.27. The third-order valence-electron chi connectivity index (χ3n) is 3.62. The van der Waals surface area contributed by atoms with Crippen LogP contribution in [-0.2, 0) is 0 Å². The summed E-state index contributed by atoms with van der Waals surface area (Å²) in [5.41, 5.74) is 0.901. The van der Waals surface area contributed by atoms with Crippen molar-refractivity contribution in [2.45, 2.75) is 45.1 Å². The Bertz CT molecular complexity index is 394. The third kappa shape index (κ3) is 2.93. The van der Waals surface area contributed by atoms with Gasteiger partial charge in [-0.1, -0.05) is 30.9 Å². The summed E-state index contributed by atoms with van der Waals surface area (Å²) >= 11 is 6.06. The van der Waals surface area contributed by atoms with E-state index in [-0.39, 0.29) is 6.61 Å². The minimum absolute atomic E-state index is 0.136. The first-order valence-corrected chi connectivity index (χ1v) is 6.96. The van der Waals surface area contributed by atoms with Gasteiger partial charge in [0.15, 0.2) is 0 Å². The molecular weight excluding hydrogens is 250 g/mol. The number of hydrogen-bond acceptors (Lipinski definition) is 4. The van der Waals surface area contributed by atoms with Gasteiger partial charge in [-0.25, -0.2) is 9.97 Å². The average molecular weight is 270 g/mol. The first kappa shape index (κ1) is 13.6. The lowest BCUT2D eigenvalue weighted by Gasteiger charge is -2.35. The molecule has 0 amide bonds. The van der Waals surface area contributed by atoms with Gasteiger partial charge in [-0.3, -0.25) is 0 Å². The molecule has 1 aliphatic rings. The summed E-state index contributed by atoms with van der Waals surface area (Å²) in [5, 5.41) is 9.77. The fourth-order valence-corrected chi connectivity index (χ4v) is 2.80. The molecular formula is C13H20ClN3O. The second kappa shape index (κ2) is 6.34. The second-order valence-electron chi connectivity index (χ2n) is 4.82. The number of aromatic nitrogens is 2. The average Bonchev–Trinajstić information content (AvgIpc) is 2.41. The van der Waals surface area contributed by atoms with E-state index in [1.165, 1.54) is 38.4 Å². The Morgan fingerprint density at radius 1 is 1.33 bits per heavy atom. The van der Waals surface area contributed by atoms with E-state index >= 15 is 0 Å². The molecule has 18 heavy (non-hydrogen) atoms. The molecule has 0 spiro atoms. The van der Waals surface area contributed by atoms with E-state index in [2.05, 4.69) is 14.9 Å². The van der Waals surface area contributed by atoms with Gasteiger partial charge in [-0.15, -0.1) is 0 Å². The van der Waals surface area contributed by atoms with Crippen LogP contribution in [-0.4, -0.2) is 34.3 Å². The molecule has 0 atom stereocenters. The van der Waals surface area contributed by atoms with Crippen LogP contribution in [0.5, 0.6) is 0 Å². The molecule has 0 aliphatic heterocycles. The zero-order valence-corrected chi connectivity index (χ0v) is 11.5. The van der Waals surface area contributed by atoms with E-state index in [1.54, 1.807) is 0 Å². The van der Waals surface area contributed by atoms with Gasteiger partial charge in [0.25, 0.3) is 0 Å². The molecule has 1 aromatic rings. The summed E-state index contributed by atoms with van der Waals surface area (Å²) in [6.07, 6.45) is 7.65. The largest absolute Gasteiger partial charge is 0.395 e. The van der Waals surface area contributed by atoms with E-state index in [0.717, 1.165) is 11.4 Å². The number of aliphatic hydroxyl groups is 1. The quantitative estimate of drug-likeness (QED) is 0.854. The Morgan fingerprint density at radius 3 is 2.72 bits per heavy atom. The number of rotatable bonds is 4. The monoisotopic (exact) mass is 269 g/mol. The number of aliphatic hydroxyl groups excluding tert-OH is 1. The van der Waals surface area contributed by atoms with Crippen molar-refractivity contribution in [1.29, 1.82) is 0 Å².